The Kier molecular flexibility index (Phi) is 16.5. The number of rotatable bonds is 10. The van der Waals surface area contributed by atoms with Gasteiger partial charge in [0.25, 0.3) is 0 Å². The van der Waals surface area contributed by atoms with Crippen LogP contribution in [0.5, 0.6) is 0 Å². The fourth-order valence-electron chi connectivity index (χ4n) is 21.1. The van der Waals surface area contributed by atoms with E-state index in [4.69, 9.17) is 23.7 Å². The molecule has 0 aromatic rings. The topological polar surface area (TPSA) is 132 Å². The Labute approximate surface area is 468 Å². The molecule has 10 heteroatoms. The van der Waals surface area contributed by atoms with E-state index in [9.17, 15) is 24.0 Å². The third kappa shape index (κ3) is 11.3. The van der Waals surface area contributed by atoms with E-state index in [2.05, 4.69) is 53.7 Å². The van der Waals surface area contributed by atoms with Crippen molar-refractivity contribution in [2.45, 2.75) is 232 Å². The van der Waals surface area contributed by atoms with Crippen LogP contribution < -0.4 is 0 Å². The van der Waals surface area contributed by atoms with E-state index in [-0.39, 0.29) is 64.8 Å². The van der Waals surface area contributed by atoms with Crippen LogP contribution >= 0.6 is 0 Å². The van der Waals surface area contributed by atoms with Gasteiger partial charge in [0.15, 0.2) is 0 Å². The summed E-state index contributed by atoms with van der Waals surface area (Å²) in [5, 5.41) is 0. The van der Waals surface area contributed by atoms with Crippen LogP contribution in [0.15, 0.2) is 61.8 Å². The van der Waals surface area contributed by atoms with Crippen molar-refractivity contribution in [2.75, 3.05) is 0 Å². The summed E-state index contributed by atoms with van der Waals surface area (Å²) in [6, 6.07) is 0. The van der Waals surface area contributed by atoms with Crippen molar-refractivity contribution in [1.82, 2.24) is 0 Å². The van der Waals surface area contributed by atoms with Gasteiger partial charge in [-0.3, -0.25) is 0 Å². The van der Waals surface area contributed by atoms with E-state index in [0.717, 1.165) is 129 Å². The highest BCUT2D eigenvalue weighted by Crippen LogP contribution is 2.67. The van der Waals surface area contributed by atoms with E-state index in [0.29, 0.717) is 39.9 Å². The summed E-state index contributed by atoms with van der Waals surface area (Å²) in [5.74, 6) is 11.3. The van der Waals surface area contributed by atoms with Crippen LogP contribution in [0.3, 0.4) is 0 Å². The van der Waals surface area contributed by atoms with Crippen molar-refractivity contribution >= 4 is 29.8 Å². The Bertz CT molecular complexity index is 2300. The summed E-state index contributed by atoms with van der Waals surface area (Å²) in [6.07, 6.45) is 34.7. The van der Waals surface area contributed by atoms with Crippen molar-refractivity contribution in [2.24, 2.45) is 99.6 Å². The molecule has 13 atom stereocenters. The molecule has 16 saturated carbocycles. The second kappa shape index (κ2) is 22.4. The second-order valence-electron chi connectivity index (χ2n) is 29.5. The molecule has 0 aromatic carbocycles. The Hall–Kier alpha value is -3.95. The lowest BCUT2D eigenvalue weighted by Gasteiger charge is -2.55. The largest absolute Gasteiger partial charge is 0.459 e. The lowest BCUT2D eigenvalue weighted by molar-refractivity contribution is -0.182. The molecular formula is C68H98O10. The number of ether oxygens (including phenoxy) is 5. The van der Waals surface area contributed by atoms with Gasteiger partial charge in [0.1, 0.15) is 29.5 Å². The number of carbonyl (C=O) groups is 5. The minimum atomic E-state index is -0.234. The standard InChI is InChI=1S/2C14H20O2.C14H22O2.2C13H18O2/c1-9(2)13(15)16-14-6-10-3-11(7-14)5-12(4-10)8-14;1-8(2)14(15)16-13-7-9-6-12(13)11-5-3-4-10(9)11;1-9(2)12(15)16-11-8-10-6-7-14(11,5)13(10,3)4;1-2-12(14)15-13-6-9-3-10(7-13)5-11(4-9)8-13;1-2-13(14)15-12-7-8-6-11(12)10-5-3-4-9(8)10/h10-12H,1,3-8H2,2H3;9-13H,1,3-7H2,2H3;10-11H,1,6-8H2,2-5H3;2,9-11H,1,3-8H2;2,8-12H,1,3-7H2. The highest BCUT2D eigenvalue weighted by molar-refractivity contribution is 5.88. The summed E-state index contributed by atoms with van der Waals surface area (Å²) >= 11 is 0. The molecule has 430 valence electrons. The number of hydrogen-bond donors (Lipinski definition) is 0. The molecule has 0 saturated heterocycles. The third-order valence-electron chi connectivity index (χ3n) is 24.2. The first-order valence-corrected chi connectivity index (χ1v) is 31.3. The van der Waals surface area contributed by atoms with Crippen molar-refractivity contribution < 1.29 is 47.7 Å². The molecule has 0 aromatic heterocycles. The molecule has 16 aliphatic rings. The minimum Gasteiger partial charge on any atom is -0.459 e. The summed E-state index contributed by atoms with van der Waals surface area (Å²) in [6.45, 7) is 30.0. The van der Waals surface area contributed by atoms with Crippen LogP contribution in [0.2, 0.25) is 0 Å². The van der Waals surface area contributed by atoms with Gasteiger partial charge < -0.3 is 23.7 Å². The van der Waals surface area contributed by atoms with Gasteiger partial charge in [0, 0.05) is 34.3 Å². The van der Waals surface area contributed by atoms with Crippen LogP contribution in [0.25, 0.3) is 0 Å². The van der Waals surface area contributed by atoms with Gasteiger partial charge in [0.05, 0.1) is 0 Å². The van der Waals surface area contributed by atoms with Gasteiger partial charge in [0.2, 0.25) is 0 Å². The van der Waals surface area contributed by atoms with Crippen molar-refractivity contribution in [3.63, 3.8) is 0 Å². The van der Waals surface area contributed by atoms with Crippen LogP contribution in [0.4, 0.5) is 0 Å². The maximum absolute atomic E-state index is 11.7. The Balaban J connectivity index is 0.000000110. The Morgan fingerprint density at radius 1 is 0.436 bits per heavy atom. The summed E-state index contributed by atoms with van der Waals surface area (Å²) in [5.41, 5.74) is 1.83. The summed E-state index contributed by atoms with van der Waals surface area (Å²) in [4.78, 5) is 57.4. The Morgan fingerprint density at radius 3 is 1.22 bits per heavy atom. The summed E-state index contributed by atoms with van der Waals surface area (Å²) < 4.78 is 28.0. The SMILES string of the molecule is C=C(C)C(=O)OC12CC3CC(CC(C3)C1)C2.C=C(C)C(=O)OC1CC2CC1C1CCCC21.C=C(C)C(=O)OC1CC2CCC1(C)C2(C)C.C=CC(=O)OC12CC3CC(CC(C3)C1)C2.C=CC(=O)OC1CC2CC1C1CCCC21. The number of esters is 5. The van der Waals surface area contributed by atoms with E-state index >= 15 is 0 Å². The zero-order valence-corrected chi connectivity index (χ0v) is 48.8. The minimum absolute atomic E-state index is 0.0884. The van der Waals surface area contributed by atoms with E-state index in [1.54, 1.807) is 20.8 Å². The monoisotopic (exact) mass is 1070 g/mol. The van der Waals surface area contributed by atoms with Crippen molar-refractivity contribution in [3.8, 4) is 0 Å². The normalized spacial score (nSPS) is 44.3. The molecule has 16 aliphatic carbocycles. The van der Waals surface area contributed by atoms with Gasteiger partial charge in [-0.2, -0.15) is 0 Å². The number of hydrogen-bond acceptors (Lipinski definition) is 10. The smallest absolute Gasteiger partial charge is 0.333 e. The maximum atomic E-state index is 11.7. The zero-order valence-electron chi connectivity index (χ0n) is 48.8. The molecule has 0 aliphatic heterocycles. The molecule has 0 heterocycles. The lowest BCUT2D eigenvalue weighted by atomic mass is 9.54. The molecule has 0 radical (unpaired) electrons. The Morgan fingerprint density at radius 2 is 0.833 bits per heavy atom. The van der Waals surface area contributed by atoms with Crippen LogP contribution in [-0.4, -0.2) is 59.4 Å². The van der Waals surface area contributed by atoms with E-state index < -0.39 is 0 Å². The quantitative estimate of drug-likeness (QED) is 0.118. The molecule has 0 N–H and O–H groups in total. The molecule has 13 unspecified atom stereocenters. The fourth-order valence-corrected chi connectivity index (χ4v) is 21.1. The molecule has 78 heavy (non-hydrogen) atoms. The first-order chi connectivity index (χ1) is 37.0. The van der Waals surface area contributed by atoms with Gasteiger partial charge in [-0.05, 0) is 263 Å². The average molecular weight is 1080 g/mol. The number of carbonyl (C=O) groups excluding carboxylic acids is 5. The predicted molar refractivity (Wildman–Crippen MR) is 302 cm³/mol. The third-order valence-corrected chi connectivity index (χ3v) is 24.2. The molecule has 16 fully saturated rings. The van der Waals surface area contributed by atoms with E-state index in [1.165, 1.54) is 115 Å². The molecule has 10 nitrogen and oxygen atoms in total. The van der Waals surface area contributed by atoms with Gasteiger partial charge >= 0.3 is 29.8 Å². The van der Waals surface area contributed by atoms with Crippen LogP contribution in [-0.2, 0) is 47.7 Å². The van der Waals surface area contributed by atoms with Crippen molar-refractivity contribution in [3.05, 3.63) is 61.8 Å². The number of fused-ring (bicyclic) bond motifs is 12. The van der Waals surface area contributed by atoms with Gasteiger partial charge in [-0.1, -0.05) is 66.5 Å². The van der Waals surface area contributed by atoms with Gasteiger partial charge in [-0.15, -0.1) is 0 Å². The molecule has 0 amide bonds. The van der Waals surface area contributed by atoms with Crippen molar-refractivity contribution in [1.29, 1.82) is 0 Å². The second-order valence-corrected chi connectivity index (χ2v) is 29.5. The molecular weight excluding hydrogens is 977 g/mol. The summed E-state index contributed by atoms with van der Waals surface area (Å²) in [7, 11) is 0. The predicted octanol–water partition coefficient (Wildman–Crippen LogP) is 14.6. The van der Waals surface area contributed by atoms with E-state index in [1.807, 2.05) is 0 Å². The zero-order chi connectivity index (χ0) is 55.6. The molecule has 14 bridgehead atoms. The lowest BCUT2D eigenvalue weighted by Crippen LogP contribution is -2.52. The first-order valence-electron chi connectivity index (χ1n) is 31.3. The van der Waals surface area contributed by atoms with Crippen LogP contribution in [0.1, 0.15) is 202 Å². The first kappa shape index (κ1) is 57.3. The molecule has 0 spiro atoms. The highest BCUT2D eigenvalue weighted by atomic mass is 16.6. The average Bonchev–Trinajstić information content (AvgIpc) is 4.44. The van der Waals surface area contributed by atoms with Gasteiger partial charge in [-0.25, -0.2) is 24.0 Å². The molecule has 16 rings (SSSR count). The highest BCUT2D eigenvalue weighted by Gasteiger charge is 2.63. The maximum Gasteiger partial charge on any atom is 0.333 e. The van der Waals surface area contributed by atoms with Crippen LogP contribution in [0, 0.1) is 99.6 Å². The fraction of sp³-hybridized carbons (Fsp3) is 0.779.